The van der Waals surface area contributed by atoms with Crippen molar-refractivity contribution in [3.63, 3.8) is 0 Å². The van der Waals surface area contributed by atoms with Crippen LogP contribution in [0.1, 0.15) is 70.8 Å². The Hall–Kier alpha value is -1.34. The minimum atomic E-state index is -0.691. The quantitative estimate of drug-likeness (QED) is 0.378. The second-order valence-corrected chi connectivity index (χ2v) is 11.0. The Bertz CT molecular complexity index is 926. The van der Waals surface area contributed by atoms with E-state index in [0.717, 1.165) is 51.6 Å². The maximum atomic E-state index is 13.4. The van der Waals surface area contributed by atoms with Gasteiger partial charge in [-0.1, -0.05) is 11.6 Å². The second-order valence-electron chi connectivity index (χ2n) is 10.1. The van der Waals surface area contributed by atoms with Crippen LogP contribution in [0.15, 0.2) is 18.2 Å². The van der Waals surface area contributed by atoms with Gasteiger partial charge < -0.3 is 14.2 Å². The lowest BCUT2D eigenvalue weighted by Gasteiger charge is -2.41. The lowest BCUT2D eigenvalue weighted by molar-refractivity contribution is -0.164. The van der Waals surface area contributed by atoms with Crippen molar-refractivity contribution in [2.45, 2.75) is 94.7 Å². The lowest BCUT2D eigenvalue weighted by Crippen LogP contribution is -2.52. The number of hydrogen-bond acceptors (Lipinski definition) is 7. The largest absolute Gasteiger partial charge is 0.378 e. The zero-order valence-electron chi connectivity index (χ0n) is 20.6. The van der Waals surface area contributed by atoms with Crippen LogP contribution >= 0.6 is 24.2 Å². The predicted molar refractivity (Wildman–Crippen MR) is 139 cm³/mol. The molecule has 0 bridgehead atoms. The van der Waals surface area contributed by atoms with E-state index in [9.17, 15) is 10.1 Å². The highest BCUT2D eigenvalue weighted by Gasteiger charge is 2.53. The standard InChI is InChI=1S/C26H36ClN3O4S/c1-26(2)24(31)29(20-8-7-18(17-28)22(27)16-20)25(35)30(26)19-9-11-21(12-10-19)32-14-5-15-34-23-6-3-4-13-33-23/h7-8,16,19,21,23,25,35H,3-6,9-15H2,1-2H3. The van der Waals surface area contributed by atoms with Crippen LogP contribution in [0.4, 0.5) is 5.69 Å². The van der Waals surface area contributed by atoms with E-state index in [1.165, 1.54) is 6.42 Å². The number of ether oxygens (including phenoxy) is 3. The molecule has 2 atom stereocenters. The molecule has 35 heavy (non-hydrogen) atoms. The van der Waals surface area contributed by atoms with Gasteiger partial charge in [0.2, 0.25) is 5.91 Å². The van der Waals surface area contributed by atoms with Gasteiger partial charge in [0, 0.05) is 24.9 Å². The number of thiol groups is 1. The van der Waals surface area contributed by atoms with Crippen molar-refractivity contribution in [2.75, 3.05) is 24.7 Å². The Labute approximate surface area is 219 Å². The Morgan fingerprint density at radius 1 is 1.17 bits per heavy atom. The minimum Gasteiger partial charge on any atom is -0.378 e. The van der Waals surface area contributed by atoms with E-state index >= 15 is 0 Å². The van der Waals surface area contributed by atoms with E-state index in [4.69, 9.17) is 38.4 Å². The molecule has 1 saturated carbocycles. The van der Waals surface area contributed by atoms with Gasteiger partial charge in [0.05, 0.1) is 28.8 Å². The first-order valence-corrected chi connectivity index (χ1v) is 13.6. The second kappa shape index (κ2) is 11.8. The van der Waals surface area contributed by atoms with Gasteiger partial charge in [-0.15, -0.1) is 12.6 Å². The fourth-order valence-electron chi connectivity index (χ4n) is 5.42. The molecule has 2 unspecified atom stereocenters. The lowest BCUT2D eigenvalue weighted by atomic mass is 9.89. The highest BCUT2D eigenvalue weighted by molar-refractivity contribution is 7.81. The molecule has 1 amide bonds. The molecule has 9 heteroatoms. The van der Waals surface area contributed by atoms with E-state index in [2.05, 4.69) is 11.0 Å². The van der Waals surface area contributed by atoms with Crippen molar-refractivity contribution < 1.29 is 19.0 Å². The van der Waals surface area contributed by atoms with E-state index in [0.29, 0.717) is 29.5 Å². The normalized spacial score (nSPS) is 29.3. The molecule has 2 saturated heterocycles. The number of halogens is 1. The topological polar surface area (TPSA) is 75.0 Å². The van der Waals surface area contributed by atoms with Gasteiger partial charge in [-0.3, -0.25) is 14.6 Å². The van der Waals surface area contributed by atoms with Crippen molar-refractivity contribution in [3.05, 3.63) is 28.8 Å². The molecule has 3 aliphatic rings. The van der Waals surface area contributed by atoms with E-state index in [-0.39, 0.29) is 24.3 Å². The van der Waals surface area contributed by atoms with Gasteiger partial charge in [-0.2, -0.15) is 5.26 Å². The molecule has 192 valence electrons. The number of nitrogens with zero attached hydrogens (tertiary/aromatic N) is 3. The highest BCUT2D eigenvalue weighted by atomic mass is 35.5. The van der Waals surface area contributed by atoms with Crippen molar-refractivity contribution in [1.82, 2.24) is 4.90 Å². The van der Waals surface area contributed by atoms with Gasteiger partial charge in [0.1, 0.15) is 11.6 Å². The summed E-state index contributed by atoms with van der Waals surface area (Å²) in [6.07, 6.45) is 8.18. The molecular weight excluding hydrogens is 486 g/mol. The molecule has 1 aromatic rings. The summed E-state index contributed by atoms with van der Waals surface area (Å²) < 4.78 is 17.5. The van der Waals surface area contributed by atoms with Crippen LogP contribution in [-0.2, 0) is 19.0 Å². The van der Waals surface area contributed by atoms with E-state index < -0.39 is 11.0 Å². The Kier molecular flexibility index (Phi) is 9.01. The number of carbonyl (C=O) groups is 1. The van der Waals surface area contributed by atoms with Crippen LogP contribution in [0.3, 0.4) is 0 Å². The van der Waals surface area contributed by atoms with Gasteiger partial charge >= 0.3 is 0 Å². The van der Waals surface area contributed by atoms with Crippen LogP contribution in [0, 0.1) is 11.3 Å². The van der Waals surface area contributed by atoms with Gasteiger partial charge in [-0.25, -0.2) is 0 Å². The van der Waals surface area contributed by atoms with Crippen molar-refractivity contribution in [2.24, 2.45) is 0 Å². The average Bonchev–Trinajstić information content (AvgIpc) is 3.03. The zero-order chi connectivity index (χ0) is 25.0. The molecule has 7 nitrogen and oxygen atoms in total. The predicted octanol–water partition coefficient (Wildman–Crippen LogP) is 5.11. The van der Waals surface area contributed by atoms with Crippen LogP contribution in [-0.4, -0.2) is 60.1 Å². The SMILES string of the molecule is CC1(C)C(=O)N(c2ccc(C#N)c(Cl)c2)C(S)N1C1CCC(OCCCOC2CCCCO2)CC1. The average molecular weight is 522 g/mol. The zero-order valence-corrected chi connectivity index (χ0v) is 22.3. The first-order valence-electron chi connectivity index (χ1n) is 12.7. The van der Waals surface area contributed by atoms with Crippen molar-refractivity contribution >= 4 is 35.8 Å². The fourth-order valence-corrected chi connectivity index (χ4v) is 6.35. The molecule has 1 aromatic carbocycles. The van der Waals surface area contributed by atoms with Crippen LogP contribution < -0.4 is 4.90 Å². The molecule has 4 rings (SSSR count). The highest BCUT2D eigenvalue weighted by Crippen LogP contribution is 2.42. The summed E-state index contributed by atoms with van der Waals surface area (Å²) in [5, 5.41) is 9.51. The number of carbonyl (C=O) groups excluding carboxylic acids is 1. The summed E-state index contributed by atoms with van der Waals surface area (Å²) in [6.45, 7) is 6.08. The van der Waals surface area contributed by atoms with Crippen molar-refractivity contribution in [3.8, 4) is 6.07 Å². The number of anilines is 1. The van der Waals surface area contributed by atoms with Gasteiger partial charge in [0.25, 0.3) is 0 Å². The third-order valence-corrected chi connectivity index (χ3v) is 8.13. The number of rotatable bonds is 8. The Balaban J connectivity index is 1.28. The smallest absolute Gasteiger partial charge is 0.249 e. The minimum absolute atomic E-state index is 0.0152. The van der Waals surface area contributed by atoms with Crippen LogP contribution in [0.2, 0.25) is 5.02 Å². The van der Waals surface area contributed by atoms with Crippen LogP contribution in [0.25, 0.3) is 0 Å². The summed E-state index contributed by atoms with van der Waals surface area (Å²) in [5.41, 5.74) is -0.0411. The molecule has 1 aliphatic carbocycles. The number of amides is 1. The molecule has 2 heterocycles. The molecule has 0 aromatic heterocycles. The number of hydrogen-bond donors (Lipinski definition) is 1. The third kappa shape index (κ3) is 5.98. The van der Waals surface area contributed by atoms with E-state index in [1.807, 2.05) is 13.8 Å². The van der Waals surface area contributed by atoms with Crippen LogP contribution in [0.5, 0.6) is 0 Å². The molecule has 0 spiro atoms. The summed E-state index contributed by atoms with van der Waals surface area (Å²) in [4.78, 5) is 17.3. The summed E-state index contributed by atoms with van der Waals surface area (Å²) in [7, 11) is 0. The van der Waals surface area contributed by atoms with E-state index in [1.54, 1.807) is 23.1 Å². The maximum absolute atomic E-state index is 13.4. The summed E-state index contributed by atoms with van der Waals surface area (Å²) in [6, 6.07) is 7.39. The van der Waals surface area contributed by atoms with Gasteiger partial charge in [0.15, 0.2) is 6.29 Å². The van der Waals surface area contributed by atoms with Crippen molar-refractivity contribution in [1.29, 1.82) is 5.26 Å². The number of benzene rings is 1. The summed E-state index contributed by atoms with van der Waals surface area (Å²) >= 11 is 11.1. The first-order chi connectivity index (χ1) is 16.8. The monoisotopic (exact) mass is 521 g/mol. The Morgan fingerprint density at radius 2 is 1.91 bits per heavy atom. The molecule has 0 N–H and O–H groups in total. The Morgan fingerprint density at radius 3 is 2.57 bits per heavy atom. The number of nitriles is 1. The molecule has 3 fully saturated rings. The molecule has 0 radical (unpaired) electrons. The summed E-state index contributed by atoms with van der Waals surface area (Å²) in [5.74, 6) is -0.0152. The first kappa shape index (κ1) is 26.7. The maximum Gasteiger partial charge on any atom is 0.249 e. The van der Waals surface area contributed by atoms with Gasteiger partial charge in [-0.05, 0) is 83.4 Å². The molecule has 2 aliphatic heterocycles. The third-order valence-electron chi connectivity index (χ3n) is 7.34. The fraction of sp³-hybridized carbons (Fsp3) is 0.692. The molecular formula is C26H36ClN3O4S.